The average molecular weight is 226 g/mol. The Balaban J connectivity index is 1.69. The summed E-state index contributed by atoms with van der Waals surface area (Å²) in [6, 6.07) is 0. The summed E-state index contributed by atoms with van der Waals surface area (Å²) in [6.07, 6.45) is 4.21. The van der Waals surface area contributed by atoms with E-state index in [9.17, 15) is 0 Å². The van der Waals surface area contributed by atoms with Gasteiger partial charge in [-0.05, 0) is 38.4 Å². The lowest BCUT2D eigenvalue weighted by Gasteiger charge is -2.30. The van der Waals surface area contributed by atoms with Crippen molar-refractivity contribution in [2.24, 2.45) is 5.92 Å². The third kappa shape index (κ3) is 3.14. The topological polar surface area (TPSA) is 41.0 Å². The van der Waals surface area contributed by atoms with E-state index in [0.29, 0.717) is 0 Å². The molecule has 2 rings (SSSR count). The van der Waals surface area contributed by atoms with Gasteiger partial charge in [0.15, 0.2) is 0 Å². The summed E-state index contributed by atoms with van der Waals surface area (Å²) < 4.78 is 3.97. The third-order valence-electron chi connectivity index (χ3n) is 3.06. The molecule has 0 bridgehead atoms. The molecule has 1 aromatic rings. The lowest BCUT2D eigenvalue weighted by molar-refractivity contribution is 0.198. The van der Waals surface area contributed by atoms with E-state index in [1.54, 1.807) is 6.33 Å². The molecule has 1 aliphatic heterocycles. The number of anilines is 1. The van der Waals surface area contributed by atoms with Gasteiger partial charge in [0.05, 0.1) is 0 Å². The van der Waals surface area contributed by atoms with E-state index in [2.05, 4.69) is 26.5 Å². The van der Waals surface area contributed by atoms with E-state index in [0.717, 1.165) is 17.6 Å². The summed E-state index contributed by atoms with van der Waals surface area (Å²) >= 11 is 1.43. The molecule has 1 N–H and O–H groups in total. The molecule has 5 heteroatoms. The molecule has 0 aliphatic carbocycles. The Hall–Kier alpha value is -0.680. The summed E-state index contributed by atoms with van der Waals surface area (Å²) in [6.45, 7) is 6.97. The largest absolute Gasteiger partial charge is 0.360 e. The van der Waals surface area contributed by atoms with Crippen molar-refractivity contribution in [1.82, 2.24) is 14.3 Å². The van der Waals surface area contributed by atoms with E-state index >= 15 is 0 Å². The first kappa shape index (κ1) is 10.8. The second-order valence-corrected chi connectivity index (χ2v) is 4.79. The Morgan fingerprint density at radius 1 is 1.53 bits per heavy atom. The van der Waals surface area contributed by atoms with Crippen LogP contribution in [0, 0.1) is 5.92 Å². The highest BCUT2D eigenvalue weighted by Gasteiger charge is 2.17. The van der Waals surface area contributed by atoms with Crippen LogP contribution in [0.4, 0.5) is 5.13 Å². The minimum Gasteiger partial charge on any atom is -0.360 e. The van der Waals surface area contributed by atoms with Gasteiger partial charge in [-0.25, -0.2) is 4.98 Å². The summed E-state index contributed by atoms with van der Waals surface area (Å²) in [5.74, 6) is 0.802. The smallest absolute Gasteiger partial charge is 0.202 e. The predicted molar refractivity (Wildman–Crippen MR) is 63.2 cm³/mol. The van der Waals surface area contributed by atoms with Crippen LogP contribution in [-0.2, 0) is 0 Å². The van der Waals surface area contributed by atoms with E-state index in [1.165, 1.54) is 44.0 Å². The van der Waals surface area contributed by atoms with Gasteiger partial charge >= 0.3 is 0 Å². The first-order valence-corrected chi connectivity index (χ1v) is 6.38. The summed E-state index contributed by atoms with van der Waals surface area (Å²) in [7, 11) is 0. The Morgan fingerprint density at radius 2 is 2.33 bits per heavy atom. The quantitative estimate of drug-likeness (QED) is 0.848. The molecule has 0 aromatic carbocycles. The molecule has 1 saturated heterocycles. The maximum absolute atomic E-state index is 4.12. The number of likely N-dealkylation sites (tertiary alicyclic amines) is 1. The van der Waals surface area contributed by atoms with Gasteiger partial charge in [-0.15, -0.1) is 0 Å². The molecular weight excluding hydrogens is 208 g/mol. The average Bonchev–Trinajstić information content (AvgIpc) is 2.80. The van der Waals surface area contributed by atoms with Crippen molar-refractivity contribution in [1.29, 1.82) is 0 Å². The minimum absolute atomic E-state index is 0.802. The summed E-state index contributed by atoms with van der Waals surface area (Å²) in [5.41, 5.74) is 0. The Kier molecular flexibility index (Phi) is 3.91. The molecular formula is C10H18N4S. The fraction of sp³-hybridized carbons (Fsp3) is 0.800. The number of nitrogens with zero attached hydrogens (tertiary/aromatic N) is 3. The first-order valence-electron chi connectivity index (χ1n) is 5.61. The second kappa shape index (κ2) is 5.42. The van der Waals surface area contributed by atoms with Gasteiger partial charge in [-0.2, -0.15) is 4.37 Å². The van der Waals surface area contributed by atoms with Crippen molar-refractivity contribution in [3.63, 3.8) is 0 Å². The van der Waals surface area contributed by atoms with Crippen LogP contribution in [0.5, 0.6) is 0 Å². The van der Waals surface area contributed by atoms with E-state index in [-0.39, 0.29) is 0 Å². The van der Waals surface area contributed by atoms with E-state index < -0.39 is 0 Å². The van der Waals surface area contributed by atoms with Crippen molar-refractivity contribution in [2.45, 2.75) is 19.8 Å². The number of nitrogens with one attached hydrogen (secondary N) is 1. The van der Waals surface area contributed by atoms with Crippen molar-refractivity contribution >= 4 is 16.7 Å². The molecule has 0 radical (unpaired) electrons. The lowest BCUT2D eigenvalue weighted by Crippen LogP contribution is -2.35. The molecule has 2 heterocycles. The fourth-order valence-electron chi connectivity index (χ4n) is 1.99. The van der Waals surface area contributed by atoms with Gasteiger partial charge in [0.25, 0.3) is 0 Å². The molecule has 1 fully saturated rings. The van der Waals surface area contributed by atoms with Crippen LogP contribution in [-0.4, -0.2) is 40.4 Å². The highest BCUT2D eigenvalue weighted by Crippen LogP contribution is 2.18. The van der Waals surface area contributed by atoms with Crippen molar-refractivity contribution in [3.8, 4) is 0 Å². The number of rotatable bonds is 4. The maximum atomic E-state index is 4.12. The lowest BCUT2D eigenvalue weighted by atomic mass is 9.97. The molecule has 84 valence electrons. The van der Waals surface area contributed by atoms with Crippen molar-refractivity contribution in [3.05, 3.63) is 6.33 Å². The summed E-state index contributed by atoms with van der Waals surface area (Å²) in [4.78, 5) is 6.63. The molecule has 0 saturated carbocycles. The van der Waals surface area contributed by atoms with Crippen LogP contribution in [0.15, 0.2) is 6.33 Å². The SMILES string of the molecule is CCN1CCC(CNc2ncns2)CC1. The number of piperidine rings is 1. The van der Waals surface area contributed by atoms with Crippen molar-refractivity contribution in [2.75, 3.05) is 31.5 Å². The van der Waals surface area contributed by atoms with Crippen LogP contribution in [0.25, 0.3) is 0 Å². The zero-order valence-corrected chi connectivity index (χ0v) is 9.96. The van der Waals surface area contributed by atoms with Gasteiger partial charge in [0, 0.05) is 18.1 Å². The van der Waals surface area contributed by atoms with Crippen LogP contribution >= 0.6 is 11.5 Å². The van der Waals surface area contributed by atoms with Gasteiger partial charge in [-0.3, -0.25) is 0 Å². The second-order valence-electron chi connectivity index (χ2n) is 4.00. The molecule has 0 amide bonds. The molecule has 1 aromatic heterocycles. The molecule has 0 unspecified atom stereocenters. The molecule has 4 nitrogen and oxygen atoms in total. The van der Waals surface area contributed by atoms with Gasteiger partial charge in [0.1, 0.15) is 6.33 Å². The molecule has 1 aliphatic rings. The maximum Gasteiger partial charge on any atom is 0.202 e. The summed E-state index contributed by atoms with van der Waals surface area (Å²) in [5, 5.41) is 4.31. The highest BCUT2D eigenvalue weighted by atomic mass is 32.1. The highest BCUT2D eigenvalue weighted by molar-refractivity contribution is 7.09. The Labute approximate surface area is 94.9 Å². The van der Waals surface area contributed by atoms with E-state index in [4.69, 9.17) is 0 Å². The van der Waals surface area contributed by atoms with Crippen LogP contribution < -0.4 is 5.32 Å². The number of hydrogen-bond acceptors (Lipinski definition) is 5. The zero-order chi connectivity index (χ0) is 10.5. The van der Waals surface area contributed by atoms with Crippen LogP contribution in [0.1, 0.15) is 19.8 Å². The molecule has 0 spiro atoms. The van der Waals surface area contributed by atoms with Crippen LogP contribution in [0.3, 0.4) is 0 Å². The fourth-order valence-corrected chi connectivity index (χ4v) is 2.43. The Morgan fingerprint density at radius 3 is 2.93 bits per heavy atom. The van der Waals surface area contributed by atoms with E-state index in [1.807, 2.05) is 0 Å². The van der Waals surface area contributed by atoms with Gasteiger partial charge < -0.3 is 10.2 Å². The first-order chi connectivity index (χ1) is 7.38. The monoisotopic (exact) mass is 226 g/mol. The minimum atomic E-state index is 0.802. The normalized spacial score (nSPS) is 19.3. The van der Waals surface area contributed by atoms with Gasteiger partial charge in [0.2, 0.25) is 5.13 Å². The Bertz CT molecular complexity index is 267. The third-order valence-corrected chi connectivity index (χ3v) is 3.68. The zero-order valence-electron chi connectivity index (χ0n) is 9.15. The molecule has 15 heavy (non-hydrogen) atoms. The number of hydrogen-bond donors (Lipinski definition) is 1. The predicted octanol–water partition coefficient (Wildman–Crippen LogP) is 1.68. The number of aromatic nitrogens is 2. The van der Waals surface area contributed by atoms with Crippen LogP contribution in [0.2, 0.25) is 0 Å². The van der Waals surface area contributed by atoms with Gasteiger partial charge in [-0.1, -0.05) is 6.92 Å². The van der Waals surface area contributed by atoms with Crippen molar-refractivity contribution < 1.29 is 0 Å². The molecule has 0 atom stereocenters. The standard InChI is InChI=1S/C10H18N4S/c1-2-14-5-3-9(4-6-14)7-11-10-12-8-13-15-10/h8-9H,2-7H2,1H3,(H,11,12,13).